The van der Waals surface area contributed by atoms with E-state index in [0.717, 1.165) is 24.2 Å². The van der Waals surface area contributed by atoms with E-state index in [2.05, 4.69) is 0 Å². The second kappa shape index (κ2) is 7.45. The molecule has 164 valence electrons. The molecule has 0 bridgehead atoms. The molecule has 2 amide bonds. The smallest absolute Gasteiger partial charge is 0.410 e. The SMILES string of the molecule is COc1ccc(CN2CC3(CCN(C(=O)OC(C)(C)C)CC3)OC3(CC3)C2=O)cc1. The Bertz CT molecular complexity index is 802. The van der Waals surface area contributed by atoms with Crippen LogP contribution in [0, 0.1) is 0 Å². The number of hydrogen-bond donors (Lipinski definition) is 0. The molecule has 0 atom stereocenters. The molecule has 3 aliphatic rings. The first-order valence-corrected chi connectivity index (χ1v) is 10.7. The summed E-state index contributed by atoms with van der Waals surface area (Å²) in [6, 6.07) is 7.84. The van der Waals surface area contributed by atoms with Gasteiger partial charge in [0.15, 0.2) is 0 Å². The number of benzene rings is 1. The molecule has 30 heavy (non-hydrogen) atoms. The summed E-state index contributed by atoms with van der Waals surface area (Å²) < 4.78 is 17.2. The number of morpholine rings is 1. The molecule has 7 nitrogen and oxygen atoms in total. The molecule has 0 radical (unpaired) electrons. The number of hydrogen-bond acceptors (Lipinski definition) is 5. The molecule has 2 spiro atoms. The van der Waals surface area contributed by atoms with Crippen LogP contribution in [0.1, 0.15) is 52.0 Å². The van der Waals surface area contributed by atoms with Gasteiger partial charge >= 0.3 is 6.09 Å². The van der Waals surface area contributed by atoms with Gasteiger partial charge in [0.05, 0.1) is 19.3 Å². The largest absolute Gasteiger partial charge is 0.497 e. The van der Waals surface area contributed by atoms with Gasteiger partial charge in [0, 0.05) is 19.6 Å². The van der Waals surface area contributed by atoms with Crippen LogP contribution in [-0.2, 0) is 20.8 Å². The summed E-state index contributed by atoms with van der Waals surface area (Å²) >= 11 is 0. The molecule has 7 heteroatoms. The fraction of sp³-hybridized carbons (Fsp3) is 0.652. The van der Waals surface area contributed by atoms with Crippen LogP contribution in [0.15, 0.2) is 24.3 Å². The van der Waals surface area contributed by atoms with Crippen LogP contribution in [-0.4, -0.2) is 65.3 Å². The summed E-state index contributed by atoms with van der Waals surface area (Å²) in [5.41, 5.74) is -0.482. The standard InChI is InChI=1S/C23H32N2O5/c1-21(2,3)29-20(27)24-13-11-22(12-14-24)16-25(19(26)23(30-22)9-10-23)15-17-5-7-18(28-4)8-6-17/h5-8H,9-16H2,1-4H3. The monoisotopic (exact) mass is 416 g/mol. The molecular weight excluding hydrogens is 384 g/mol. The number of ether oxygens (including phenoxy) is 3. The molecule has 4 rings (SSSR count). The van der Waals surface area contributed by atoms with E-state index < -0.39 is 16.8 Å². The van der Waals surface area contributed by atoms with E-state index in [4.69, 9.17) is 14.2 Å². The number of methoxy groups -OCH3 is 1. The quantitative estimate of drug-likeness (QED) is 0.756. The third kappa shape index (κ3) is 4.26. The molecule has 1 aliphatic carbocycles. The Morgan fingerprint density at radius 3 is 2.27 bits per heavy atom. The molecule has 1 aromatic rings. The van der Waals surface area contributed by atoms with Crippen molar-refractivity contribution in [2.75, 3.05) is 26.7 Å². The van der Waals surface area contributed by atoms with Crippen LogP contribution in [0.25, 0.3) is 0 Å². The van der Waals surface area contributed by atoms with Crippen LogP contribution < -0.4 is 4.74 Å². The number of likely N-dealkylation sites (tertiary alicyclic amines) is 1. The highest BCUT2D eigenvalue weighted by Crippen LogP contribution is 2.50. The van der Waals surface area contributed by atoms with Gasteiger partial charge in [-0.3, -0.25) is 4.79 Å². The Labute approximate surface area is 178 Å². The fourth-order valence-corrected chi connectivity index (χ4v) is 4.39. The van der Waals surface area contributed by atoms with Gasteiger partial charge in [0.2, 0.25) is 0 Å². The summed E-state index contributed by atoms with van der Waals surface area (Å²) in [5, 5.41) is 0. The third-order valence-corrected chi connectivity index (χ3v) is 6.13. The lowest BCUT2D eigenvalue weighted by Crippen LogP contribution is -2.63. The van der Waals surface area contributed by atoms with Crippen molar-refractivity contribution in [1.29, 1.82) is 0 Å². The van der Waals surface area contributed by atoms with Gasteiger partial charge in [0.1, 0.15) is 17.0 Å². The van der Waals surface area contributed by atoms with Gasteiger partial charge in [-0.2, -0.15) is 0 Å². The van der Waals surface area contributed by atoms with Crippen molar-refractivity contribution in [2.45, 2.75) is 69.8 Å². The highest BCUT2D eigenvalue weighted by atomic mass is 16.6. The van der Waals surface area contributed by atoms with Crippen molar-refractivity contribution in [3.05, 3.63) is 29.8 Å². The van der Waals surface area contributed by atoms with Crippen LogP contribution in [0.5, 0.6) is 5.75 Å². The minimum atomic E-state index is -0.654. The van der Waals surface area contributed by atoms with Crippen molar-refractivity contribution in [2.24, 2.45) is 0 Å². The minimum Gasteiger partial charge on any atom is -0.497 e. The predicted octanol–water partition coefficient (Wildman–Crippen LogP) is 3.36. The summed E-state index contributed by atoms with van der Waals surface area (Å²) in [4.78, 5) is 29.2. The van der Waals surface area contributed by atoms with E-state index in [0.29, 0.717) is 39.0 Å². The van der Waals surface area contributed by atoms with Crippen LogP contribution in [0.3, 0.4) is 0 Å². The molecule has 1 saturated carbocycles. The molecule has 2 saturated heterocycles. The zero-order valence-electron chi connectivity index (χ0n) is 18.4. The highest BCUT2D eigenvalue weighted by molar-refractivity contribution is 5.89. The topological polar surface area (TPSA) is 68.3 Å². The van der Waals surface area contributed by atoms with E-state index in [1.54, 1.807) is 12.0 Å². The molecule has 2 aliphatic heterocycles. The van der Waals surface area contributed by atoms with Gasteiger partial charge in [-0.05, 0) is 64.2 Å². The number of carbonyl (C=O) groups is 2. The van der Waals surface area contributed by atoms with Gasteiger partial charge in [0.25, 0.3) is 5.91 Å². The molecule has 0 aromatic heterocycles. The first-order chi connectivity index (χ1) is 14.1. The highest BCUT2D eigenvalue weighted by Gasteiger charge is 2.61. The average Bonchev–Trinajstić information content (AvgIpc) is 3.45. The fourth-order valence-electron chi connectivity index (χ4n) is 4.39. The summed E-state index contributed by atoms with van der Waals surface area (Å²) in [7, 11) is 1.64. The number of rotatable bonds is 3. The predicted molar refractivity (Wildman–Crippen MR) is 111 cm³/mol. The summed E-state index contributed by atoms with van der Waals surface area (Å²) in [5.74, 6) is 0.898. The Kier molecular flexibility index (Phi) is 5.21. The van der Waals surface area contributed by atoms with E-state index in [-0.39, 0.29) is 12.0 Å². The van der Waals surface area contributed by atoms with Gasteiger partial charge in [-0.15, -0.1) is 0 Å². The molecule has 0 N–H and O–H groups in total. The summed E-state index contributed by atoms with van der Waals surface area (Å²) in [6.45, 7) is 7.90. The zero-order valence-corrected chi connectivity index (χ0v) is 18.4. The lowest BCUT2D eigenvalue weighted by Gasteiger charge is -2.50. The average molecular weight is 417 g/mol. The Balaban J connectivity index is 1.44. The molecular formula is C23H32N2O5. The lowest BCUT2D eigenvalue weighted by molar-refractivity contribution is -0.201. The molecule has 3 fully saturated rings. The number of amides is 2. The molecule has 0 unspecified atom stereocenters. The van der Waals surface area contributed by atoms with E-state index >= 15 is 0 Å². The van der Waals surface area contributed by atoms with Crippen LogP contribution >= 0.6 is 0 Å². The van der Waals surface area contributed by atoms with Gasteiger partial charge in [-0.1, -0.05) is 12.1 Å². The third-order valence-electron chi connectivity index (χ3n) is 6.13. The lowest BCUT2D eigenvalue weighted by atomic mass is 9.88. The Hall–Kier alpha value is -2.28. The molecule has 2 heterocycles. The first kappa shape index (κ1) is 21.0. The van der Waals surface area contributed by atoms with Crippen molar-refractivity contribution in [1.82, 2.24) is 9.80 Å². The summed E-state index contributed by atoms with van der Waals surface area (Å²) in [6.07, 6.45) is 2.70. The molecule has 1 aromatic carbocycles. The maximum atomic E-state index is 13.1. The van der Waals surface area contributed by atoms with Crippen LogP contribution in [0.2, 0.25) is 0 Å². The minimum absolute atomic E-state index is 0.0958. The zero-order chi connectivity index (χ0) is 21.6. The second-order valence-electron chi connectivity index (χ2n) is 9.76. The van der Waals surface area contributed by atoms with E-state index in [1.807, 2.05) is 49.9 Å². The number of carbonyl (C=O) groups excluding carboxylic acids is 2. The van der Waals surface area contributed by atoms with E-state index in [9.17, 15) is 9.59 Å². The van der Waals surface area contributed by atoms with Gasteiger partial charge in [-0.25, -0.2) is 4.79 Å². The van der Waals surface area contributed by atoms with Gasteiger partial charge < -0.3 is 24.0 Å². The number of nitrogens with zero attached hydrogens (tertiary/aromatic N) is 2. The van der Waals surface area contributed by atoms with Crippen molar-refractivity contribution < 1.29 is 23.8 Å². The second-order valence-corrected chi connectivity index (χ2v) is 9.76. The number of piperidine rings is 1. The first-order valence-electron chi connectivity index (χ1n) is 10.7. The van der Waals surface area contributed by atoms with E-state index in [1.165, 1.54) is 0 Å². The van der Waals surface area contributed by atoms with Crippen molar-refractivity contribution in [3.8, 4) is 5.75 Å². The maximum Gasteiger partial charge on any atom is 0.410 e. The van der Waals surface area contributed by atoms with Crippen molar-refractivity contribution in [3.63, 3.8) is 0 Å². The Morgan fingerprint density at radius 1 is 1.10 bits per heavy atom. The van der Waals surface area contributed by atoms with Crippen molar-refractivity contribution >= 4 is 12.0 Å². The maximum absolute atomic E-state index is 13.1. The van der Waals surface area contributed by atoms with Crippen LogP contribution in [0.4, 0.5) is 4.79 Å². The normalized spacial score (nSPS) is 22.3. The Morgan fingerprint density at radius 2 is 1.73 bits per heavy atom.